The number of esters is 2. The summed E-state index contributed by atoms with van der Waals surface area (Å²) in [6, 6.07) is 1.79. The smallest absolute Gasteiger partial charge is 0.310 e. The molecule has 0 spiro atoms. The predicted molar refractivity (Wildman–Crippen MR) is 103 cm³/mol. The second-order valence-electron chi connectivity index (χ2n) is 9.28. The number of rotatable bonds is 3. The second kappa shape index (κ2) is 6.85. The molecule has 6 heteroatoms. The van der Waals surface area contributed by atoms with Gasteiger partial charge >= 0.3 is 11.9 Å². The first kappa shape index (κ1) is 19.9. The van der Waals surface area contributed by atoms with E-state index in [9.17, 15) is 14.4 Å². The van der Waals surface area contributed by atoms with Gasteiger partial charge in [0.15, 0.2) is 0 Å². The van der Waals surface area contributed by atoms with Gasteiger partial charge in [-0.15, -0.1) is 6.58 Å². The summed E-state index contributed by atoms with van der Waals surface area (Å²) in [4.78, 5) is 39.3. The van der Waals surface area contributed by atoms with Crippen LogP contribution in [0.3, 0.4) is 0 Å². The van der Waals surface area contributed by atoms with Crippen LogP contribution in [-0.4, -0.2) is 24.8 Å². The van der Waals surface area contributed by atoms with Crippen molar-refractivity contribution in [2.45, 2.75) is 45.6 Å². The maximum absolute atomic E-state index is 13.6. The minimum Gasteiger partial charge on any atom is -0.472 e. The summed E-state index contributed by atoms with van der Waals surface area (Å²) in [5.74, 6) is -2.11. The first-order valence-electron chi connectivity index (χ1n) is 10.2. The molecule has 0 bridgehead atoms. The van der Waals surface area contributed by atoms with Crippen molar-refractivity contribution in [3.05, 3.63) is 36.8 Å². The quantitative estimate of drug-likeness (QED) is 0.566. The molecule has 2 heterocycles. The lowest BCUT2D eigenvalue weighted by molar-refractivity contribution is -0.204. The minimum absolute atomic E-state index is 0.0792. The lowest BCUT2D eigenvalue weighted by atomic mass is 9.42. The first-order chi connectivity index (χ1) is 13.8. The van der Waals surface area contributed by atoms with Gasteiger partial charge in [-0.2, -0.15) is 0 Å². The van der Waals surface area contributed by atoms with E-state index in [0.717, 1.165) is 5.56 Å². The molecule has 1 aliphatic heterocycles. The Morgan fingerprint density at radius 1 is 1.31 bits per heavy atom. The van der Waals surface area contributed by atoms with E-state index in [1.807, 2.05) is 13.8 Å². The summed E-state index contributed by atoms with van der Waals surface area (Å²) in [6.07, 6.45) is 6.45. The van der Waals surface area contributed by atoms with Gasteiger partial charge < -0.3 is 13.9 Å². The molecular formula is C23H28O6. The van der Waals surface area contributed by atoms with E-state index in [1.165, 1.54) is 7.11 Å². The summed E-state index contributed by atoms with van der Waals surface area (Å²) < 4.78 is 16.0. The monoisotopic (exact) mass is 400 g/mol. The Morgan fingerprint density at radius 2 is 2.07 bits per heavy atom. The zero-order valence-corrected chi connectivity index (χ0v) is 17.2. The predicted octanol–water partition coefficient (Wildman–Crippen LogP) is 3.87. The molecule has 2 aliphatic carbocycles. The Bertz CT molecular complexity index is 842. The van der Waals surface area contributed by atoms with Crippen molar-refractivity contribution in [1.82, 2.24) is 0 Å². The van der Waals surface area contributed by atoms with Crippen molar-refractivity contribution in [3.63, 3.8) is 0 Å². The van der Waals surface area contributed by atoms with Crippen LogP contribution < -0.4 is 0 Å². The summed E-state index contributed by atoms with van der Waals surface area (Å²) in [7, 11) is 1.39. The van der Waals surface area contributed by atoms with E-state index in [-0.39, 0.29) is 23.6 Å². The molecule has 0 radical (unpaired) electrons. The zero-order chi connectivity index (χ0) is 21.0. The van der Waals surface area contributed by atoms with Crippen LogP contribution in [0.15, 0.2) is 35.7 Å². The highest BCUT2D eigenvalue weighted by molar-refractivity contribution is 5.91. The number of ketones is 1. The lowest BCUT2D eigenvalue weighted by Crippen LogP contribution is -2.63. The van der Waals surface area contributed by atoms with Crippen LogP contribution in [0.1, 0.15) is 51.2 Å². The highest BCUT2D eigenvalue weighted by Crippen LogP contribution is 2.65. The lowest BCUT2D eigenvalue weighted by Gasteiger charge is -2.61. The molecule has 2 saturated carbocycles. The van der Waals surface area contributed by atoms with Gasteiger partial charge in [0.1, 0.15) is 11.9 Å². The average molecular weight is 400 g/mol. The van der Waals surface area contributed by atoms with Gasteiger partial charge in [-0.05, 0) is 42.6 Å². The van der Waals surface area contributed by atoms with Crippen LogP contribution in [0, 0.1) is 34.5 Å². The molecule has 4 rings (SSSR count). The maximum atomic E-state index is 13.6. The van der Waals surface area contributed by atoms with Crippen molar-refractivity contribution in [3.8, 4) is 0 Å². The standard InChI is InChI=1S/C23H28O6/c1-5-13-10-16(20(25)27-4)22(2)8-6-15-21(26)29-17(14-7-9-28-12-14)11-23(15,3)19(22)18(13)24/h5,7,9,12-13,15-17,19H,1,6,8,10-11H2,2-4H3/t13-,15-,16-,17-,19-,22-,23-/m0/s1. The summed E-state index contributed by atoms with van der Waals surface area (Å²) in [5, 5.41) is 0. The molecule has 0 aromatic carbocycles. The van der Waals surface area contributed by atoms with E-state index >= 15 is 0 Å². The third-order valence-corrected chi connectivity index (χ3v) is 7.88. The van der Waals surface area contributed by atoms with Crippen LogP contribution in [0.2, 0.25) is 0 Å². The molecule has 1 aromatic heterocycles. The van der Waals surface area contributed by atoms with Gasteiger partial charge in [0.25, 0.3) is 0 Å². The number of methoxy groups -OCH3 is 1. The Hall–Kier alpha value is -2.37. The van der Waals surface area contributed by atoms with Crippen LogP contribution in [0.5, 0.6) is 0 Å². The molecule has 1 aromatic rings. The molecule has 1 saturated heterocycles. The highest BCUT2D eigenvalue weighted by Gasteiger charge is 2.66. The number of hydrogen-bond donors (Lipinski definition) is 0. The molecule has 156 valence electrons. The molecular weight excluding hydrogens is 372 g/mol. The SMILES string of the molecule is C=C[C@H]1C[C@@H](C(=O)OC)[C@]2(C)CC[C@H]3C(=O)O[C@H](c4ccoc4)C[C@]3(C)[C@H]2C1=O. The maximum Gasteiger partial charge on any atom is 0.310 e. The Labute approximate surface area is 170 Å². The van der Waals surface area contributed by atoms with E-state index < -0.39 is 34.7 Å². The van der Waals surface area contributed by atoms with Crippen LogP contribution >= 0.6 is 0 Å². The molecule has 3 aliphatic rings. The number of hydrogen-bond acceptors (Lipinski definition) is 6. The van der Waals surface area contributed by atoms with Gasteiger partial charge in [0, 0.05) is 17.4 Å². The second-order valence-corrected chi connectivity index (χ2v) is 9.28. The highest BCUT2D eigenvalue weighted by atomic mass is 16.5. The zero-order valence-electron chi connectivity index (χ0n) is 17.2. The van der Waals surface area contributed by atoms with Crippen molar-refractivity contribution >= 4 is 17.7 Å². The molecule has 6 nitrogen and oxygen atoms in total. The minimum atomic E-state index is -0.616. The van der Waals surface area contributed by atoms with Crippen molar-refractivity contribution in [2.24, 2.45) is 34.5 Å². The number of carbonyl (C=O) groups is 3. The van der Waals surface area contributed by atoms with E-state index in [2.05, 4.69) is 6.58 Å². The number of fused-ring (bicyclic) bond motifs is 3. The number of cyclic esters (lactones) is 1. The molecule has 0 unspecified atom stereocenters. The van der Waals surface area contributed by atoms with Crippen molar-refractivity contribution in [2.75, 3.05) is 7.11 Å². The van der Waals surface area contributed by atoms with Gasteiger partial charge in [-0.1, -0.05) is 19.9 Å². The van der Waals surface area contributed by atoms with Crippen LogP contribution in [-0.2, 0) is 23.9 Å². The molecule has 0 amide bonds. The summed E-state index contributed by atoms with van der Waals surface area (Å²) in [5.41, 5.74) is -0.388. The number of Topliss-reactive ketones (excluding diaryl/α,β-unsaturated/α-hetero) is 1. The number of carbonyl (C=O) groups excluding carboxylic acids is 3. The van der Waals surface area contributed by atoms with E-state index in [0.29, 0.717) is 25.7 Å². The number of ether oxygens (including phenoxy) is 2. The third-order valence-electron chi connectivity index (χ3n) is 7.88. The van der Waals surface area contributed by atoms with E-state index in [1.54, 1.807) is 24.7 Å². The number of furan rings is 1. The molecule has 3 fully saturated rings. The Balaban J connectivity index is 1.80. The topological polar surface area (TPSA) is 82.8 Å². The van der Waals surface area contributed by atoms with Gasteiger partial charge in [0.05, 0.1) is 31.5 Å². The van der Waals surface area contributed by atoms with Gasteiger partial charge in [0.2, 0.25) is 0 Å². The molecule has 7 atom stereocenters. The van der Waals surface area contributed by atoms with Crippen LogP contribution in [0.25, 0.3) is 0 Å². The van der Waals surface area contributed by atoms with Crippen molar-refractivity contribution in [1.29, 1.82) is 0 Å². The average Bonchev–Trinajstić information content (AvgIpc) is 3.21. The van der Waals surface area contributed by atoms with E-state index in [4.69, 9.17) is 13.9 Å². The Kier molecular flexibility index (Phi) is 4.71. The number of allylic oxidation sites excluding steroid dienone is 1. The fraction of sp³-hybridized carbons (Fsp3) is 0.609. The van der Waals surface area contributed by atoms with Gasteiger partial charge in [-0.25, -0.2) is 0 Å². The summed E-state index contributed by atoms with van der Waals surface area (Å²) >= 11 is 0. The summed E-state index contributed by atoms with van der Waals surface area (Å²) in [6.45, 7) is 7.87. The fourth-order valence-electron chi connectivity index (χ4n) is 6.44. The molecule has 0 N–H and O–H groups in total. The van der Waals surface area contributed by atoms with Crippen molar-refractivity contribution < 1.29 is 28.3 Å². The van der Waals surface area contributed by atoms with Gasteiger partial charge in [-0.3, -0.25) is 14.4 Å². The normalized spacial score (nSPS) is 41.7. The van der Waals surface area contributed by atoms with Crippen LogP contribution in [0.4, 0.5) is 0 Å². The third kappa shape index (κ3) is 2.79. The fourth-order valence-corrected chi connectivity index (χ4v) is 6.44. The molecule has 29 heavy (non-hydrogen) atoms. The Morgan fingerprint density at radius 3 is 2.69 bits per heavy atom. The largest absolute Gasteiger partial charge is 0.472 e. The first-order valence-corrected chi connectivity index (χ1v) is 10.2.